The zero-order valence-electron chi connectivity index (χ0n) is 11.6. The lowest BCUT2D eigenvalue weighted by Crippen LogP contribution is -2.14. The molecule has 3 nitrogen and oxygen atoms in total. The number of thioether (sulfide) groups is 1. The lowest BCUT2D eigenvalue weighted by atomic mass is 10.1. The highest BCUT2D eigenvalue weighted by molar-refractivity contribution is 8.31. The van der Waals surface area contributed by atoms with Crippen LogP contribution in [0.2, 0.25) is 10.0 Å². The van der Waals surface area contributed by atoms with E-state index in [0.717, 1.165) is 4.57 Å². The number of nitrogens with zero attached hydrogens (tertiary/aromatic N) is 2. The largest absolute Gasteiger partial charge is 0.432 e. The van der Waals surface area contributed by atoms with Crippen molar-refractivity contribution in [3.05, 3.63) is 45.6 Å². The first-order valence-electron chi connectivity index (χ1n) is 6.17. The van der Waals surface area contributed by atoms with Gasteiger partial charge in [-0.1, -0.05) is 59.7 Å². The summed E-state index contributed by atoms with van der Waals surface area (Å²) >= 11 is 15.7. The lowest BCUT2D eigenvalue weighted by Gasteiger charge is -2.14. The van der Waals surface area contributed by atoms with E-state index in [2.05, 4.69) is 12.6 Å². The van der Waals surface area contributed by atoms with Crippen molar-refractivity contribution in [2.24, 2.45) is 0 Å². The van der Waals surface area contributed by atoms with Crippen molar-refractivity contribution in [3.63, 3.8) is 0 Å². The summed E-state index contributed by atoms with van der Waals surface area (Å²) in [6.07, 6.45) is -4.80. The maximum atomic E-state index is 13.4. The molecule has 10 heteroatoms. The molecule has 1 aromatic carbocycles. The van der Waals surface area contributed by atoms with Crippen LogP contribution in [0.1, 0.15) is 11.3 Å². The number of hydrogen-bond acceptors (Lipinski definition) is 3. The summed E-state index contributed by atoms with van der Waals surface area (Å²) in [5.41, 5.74) is -1.22. The molecular formula is C14H7Cl2F3N2OS2. The van der Waals surface area contributed by atoms with Gasteiger partial charge in [-0.3, -0.25) is 4.79 Å². The van der Waals surface area contributed by atoms with Crippen LogP contribution in [0.25, 0.3) is 11.3 Å². The number of benzene rings is 1. The van der Waals surface area contributed by atoms with Crippen molar-refractivity contribution in [3.8, 4) is 17.3 Å². The van der Waals surface area contributed by atoms with Crippen LogP contribution in [0.15, 0.2) is 24.3 Å². The Morgan fingerprint density at radius 3 is 2.33 bits per heavy atom. The van der Waals surface area contributed by atoms with Gasteiger partial charge in [0.05, 0.1) is 22.2 Å². The zero-order chi connectivity index (χ0) is 18.1. The minimum atomic E-state index is -4.80. The molecule has 2 rings (SSSR count). The van der Waals surface area contributed by atoms with Crippen molar-refractivity contribution < 1.29 is 18.0 Å². The van der Waals surface area contributed by atoms with E-state index in [-0.39, 0.29) is 11.3 Å². The fourth-order valence-electron chi connectivity index (χ4n) is 2.12. The second-order valence-electron chi connectivity index (χ2n) is 4.47. The molecule has 0 aliphatic rings. The van der Waals surface area contributed by atoms with Gasteiger partial charge in [-0.05, 0) is 17.7 Å². The molecule has 2 aromatic rings. The van der Waals surface area contributed by atoms with Gasteiger partial charge in [0, 0.05) is 5.02 Å². The number of rotatable bonds is 3. The first kappa shape index (κ1) is 19.1. The quantitative estimate of drug-likeness (QED) is 0.622. The van der Waals surface area contributed by atoms with E-state index in [4.69, 9.17) is 23.2 Å². The number of carbonyl (C=O) groups is 1. The summed E-state index contributed by atoms with van der Waals surface area (Å²) in [4.78, 5) is 11.0. The molecule has 1 aromatic heterocycles. The van der Waals surface area contributed by atoms with E-state index in [1.807, 2.05) is 0 Å². The van der Waals surface area contributed by atoms with E-state index in [9.17, 15) is 23.2 Å². The Kier molecular flexibility index (Phi) is 5.81. The van der Waals surface area contributed by atoms with E-state index < -0.39 is 27.2 Å². The fraction of sp³-hybridized carbons (Fsp3) is 0.143. The van der Waals surface area contributed by atoms with Crippen LogP contribution >= 0.6 is 47.6 Å². The molecule has 0 aliphatic heterocycles. The van der Waals surface area contributed by atoms with E-state index in [1.165, 1.54) is 24.3 Å². The Balaban J connectivity index is 2.77. The van der Waals surface area contributed by atoms with Crippen LogP contribution in [-0.2, 0) is 12.1 Å². The molecule has 0 saturated carbocycles. The first-order valence-corrected chi connectivity index (χ1v) is 8.36. The second-order valence-corrected chi connectivity index (χ2v) is 6.91. The standard InChI is InChI=1S/C14H7Cl2F3N2OS2/c15-8-3-1-7(2-4-8)11-9(5-20)10(16)12(14(17,18)19)21(11)6-24-13(22)23/h1-4H,6H2,(H,22,23). The number of carbonyl (C=O) groups excluding carboxylic acids is 1. The Morgan fingerprint density at radius 2 is 1.88 bits per heavy atom. The number of halogens is 5. The monoisotopic (exact) mass is 410 g/mol. The molecule has 0 aliphatic carbocycles. The van der Waals surface area contributed by atoms with Crippen LogP contribution in [0.3, 0.4) is 0 Å². The van der Waals surface area contributed by atoms with Gasteiger partial charge in [-0.25, -0.2) is 0 Å². The summed E-state index contributed by atoms with van der Waals surface area (Å²) < 4.78 is 40.3. The predicted molar refractivity (Wildman–Crippen MR) is 91.6 cm³/mol. The van der Waals surface area contributed by atoms with Gasteiger partial charge in [-0.2, -0.15) is 18.4 Å². The van der Waals surface area contributed by atoms with Gasteiger partial charge in [0.2, 0.25) is 4.45 Å². The van der Waals surface area contributed by atoms with Gasteiger partial charge in [-0.15, -0.1) is 0 Å². The second kappa shape index (κ2) is 7.31. The molecule has 0 saturated heterocycles. The lowest BCUT2D eigenvalue weighted by molar-refractivity contribution is -0.142. The Labute approximate surface area is 154 Å². The third-order valence-corrected chi connectivity index (χ3v) is 4.66. The first-order chi connectivity index (χ1) is 11.2. The number of alkyl halides is 3. The average Bonchev–Trinajstić information content (AvgIpc) is 2.77. The van der Waals surface area contributed by atoms with Gasteiger partial charge >= 0.3 is 6.18 Å². The van der Waals surface area contributed by atoms with Crippen LogP contribution in [0.4, 0.5) is 18.0 Å². The highest BCUT2D eigenvalue weighted by Gasteiger charge is 2.41. The molecular weight excluding hydrogens is 404 g/mol. The molecule has 0 spiro atoms. The van der Waals surface area contributed by atoms with Crippen molar-refractivity contribution in [1.29, 1.82) is 5.26 Å². The smallest absolute Gasteiger partial charge is 0.324 e. The summed E-state index contributed by atoms with van der Waals surface area (Å²) in [5.74, 6) is -0.392. The highest BCUT2D eigenvalue weighted by Crippen LogP contribution is 2.43. The zero-order valence-corrected chi connectivity index (χ0v) is 14.8. The van der Waals surface area contributed by atoms with Crippen molar-refractivity contribution >= 4 is 52.0 Å². The summed E-state index contributed by atoms with van der Waals surface area (Å²) in [7, 11) is 0. The number of hydrogen-bond donors (Lipinski definition) is 1. The molecule has 0 N–H and O–H groups in total. The molecule has 0 radical (unpaired) electrons. The number of thiol groups is 1. The molecule has 0 amide bonds. The predicted octanol–water partition coefficient (Wildman–Crippen LogP) is 6.09. The molecule has 0 fully saturated rings. The summed E-state index contributed by atoms with van der Waals surface area (Å²) in [6.45, 7) is 0. The van der Waals surface area contributed by atoms with Crippen LogP contribution in [-0.4, -0.2) is 9.01 Å². The van der Waals surface area contributed by atoms with Gasteiger partial charge in [0.1, 0.15) is 11.8 Å². The van der Waals surface area contributed by atoms with Crippen molar-refractivity contribution in [2.75, 3.05) is 0 Å². The maximum Gasteiger partial charge on any atom is 0.432 e. The highest BCUT2D eigenvalue weighted by atomic mass is 35.5. The molecule has 24 heavy (non-hydrogen) atoms. The average molecular weight is 411 g/mol. The van der Waals surface area contributed by atoms with E-state index in [0.29, 0.717) is 22.3 Å². The van der Waals surface area contributed by atoms with Gasteiger partial charge in [0.15, 0.2) is 0 Å². The van der Waals surface area contributed by atoms with Crippen molar-refractivity contribution in [1.82, 2.24) is 4.57 Å². The Bertz CT molecular complexity index is 827. The van der Waals surface area contributed by atoms with Crippen LogP contribution in [0, 0.1) is 11.3 Å². The third kappa shape index (κ3) is 3.86. The van der Waals surface area contributed by atoms with Crippen molar-refractivity contribution in [2.45, 2.75) is 12.1 Å². The van der Waals surface area contributed by atoms with Crippen LogP contribution < -0.4 is 0 Å². The van der Waals surface area contributed by atoms with E-state index >= 15 is 0 Å². The molecule has 0 atom stereocenters. The number of aromatic nitrogens is 1. The molecule has 0 unspecified atom stereocenters. The SMILES string of the molecule is N#Cc1c(Cl)c(C(F)(F)F)n(CSC(=O)S)c1-c1ccc(Cl)cc1. The summed E-state index contributed by atoms with van der Waals surface area (Å²) in [6, 6.07) is 7.60. The maximum absolute atomic E-state index is 13.4. The third-order valence-electron chi connectivity index (χ3n) is 3.02. The topological polar surface area (TPSA) is 45.8 Å². The molecule has 0 bridgehead atoms. The summed E-state index contributed by atoms with van der Waals surface area (Å²) in [5, 5.41) is 8.95. The number of nitriles is 1. The Hall–Kier alpha value is -1.27. The molecule has 126 valence electrons. The minimum Gasteiger partial charge on any atom is -0.324 e. The van der Waals surface area contributed by atoms with Crippen LogP contribution in [0.5, 0.6) is 0 Å². The van der Waals surface area contributed by atoms with Gasteiger partial charge < -0.3 is 4.57 Å². The minimum absolute atomic E-state index is 0.0337. The van der Waals surface area contributed by atoms with E-state index in [1.54, 1.807) is 6.07 Å². The fourth-order valence-corrected chi connectivity index (χ4v) is 3.26. The molecule has 1 heterocycles. The normalized spacial score (nSPS) is 11.4. The Morgan fingerprint density at radius 1 is 1.29 bits per heavy atom. The van der Waals surface area contributed by atoms with Gasteiger partial charge in [0.25, 0.3) is 0 Å².